The number of aromatic nitrogens is 2. The second-order valence-electron chi connectivity index (χ2n) is 4.06. The Bertz CT molecular complexity index is 595. The topological polar surface area (TPSA) is 45.8 Å². The molecule has 0 radical (unpaired) electrons. The average Bonchev–Trinajstić information content (AvgIpc) is 2.66. The summed E-state index contributed by atoms with van der Waals surface area (Å²) in [5.41, 5.74) is 3.49. The molecule has 0 aliphatic carbocycles. The number of benzene rings is 1. The molecule has 0 atom stereocenters. The molecule has 0 saturated heterocycles. The maximum Gasteiger partial charge on any atom is 0.185 e. The molecule has 0 saturated carbocycles. The van der Waals surface area contributed by atoms with E-state index >= 15 is 0 Å². The van der Waals surface area contributed by atoms with Crippen molar-refractivity contribution in [3.63, 3.8) is 0 Å². The number of ketones is 1. The van der Waals surface area contributed by atoms with E-state index in [9.17, 15) is 4.79 Å². The number of carbonyl (C=O) groups excluding carboxylic acids is 1. The van der Waals surface area contributed by atoms with E-state index in [1.165, 1.54) is 0 Å². The quantitative estimate of drug-likeness (QED) is 0.694. The van der Waals surface area contributed by atoms with E-state index in [0.29, 0.717) is 5.56 Å². The highest BCUT2D eigenvalue weighted by Gasteiger charge is 2.05. The molecule has 0 spiro atoms. The normalized spacial score (nSPS) is 11.1. The summed E-state index contributed by atoms with van der Waals surface area (Å²) >= 11 is 3.35. The first-order valence-corrected chi connectivity index (χ1v) is 6.37. The Morgan fingerprint density at radius 2 is 2.17 bits per heavy atom. The molecule has 3 nitrogen and oxygen atoms in total. The predicted octanol–water partition coefficient (Wildman–Crippen LogP) is 3.69. The standard InChI is InChI=1S/C14H13BrN2O/c1-9-13(10(2)17-16-9)6-7-14(18)11-4-3-5-12(15)8-11/h3-8H,1-2H3,(H,16,17). The van der Waals surface area contributed by atoms with Crippen molar-refractivity contribution >= 4 is 27.8 Å². The van der Waals surface area contributed by atoms with E-state index in [-0.39, 0.29) is 5.78 Å². The highest BCUT2D eigenvalue weighted by Crippen LogP contribution is 2.15. The lowest BCUT2D eigenvalue weighted by atomic mass is 10.1. The van der Waals surface area contributed by atoms with E-state index in [2.05, 4.69) is 26.1 Å². The molecule has 1 aromatic heterocycles. The lowest BCUT2D eigenvalue weighted by Gasteiger charge is -1.97. The lowest BCUT2D eigenvalue weighted by Crippen LogP contribution is -1.93. The molecule has 4 heteroatoms. The number of H-pyrrole nitrogens is 1. The van der Waals surface area contributed by atoms with Crippen molar-refractivity contribution < 1.29 is 4.79 Å². The first kappa shape index (κ1) is 12.8. The Morgan fingerprint density at radius 1 is 1.39 bits per heavy atom. The highest BCUT2D eigenvalue weighted by atomic mass is 79.9. The molecule has 1 N–H and O–H groups in total. The van der Waals surface area contributed by atoms with Crippen molar-refractivity contribution in [2.24, 2.45) is 0 Å². The second kappa shape index (κ2) is 5.31. The summed E-state index contributed by atoms with van der Waals surface area (Å²) in [5.74, 6) is -0.0173. The molecule has 0 bridgehead atoms. The average molecular weight is 305 g/mol. The molecule has 2 aromatic rings. The molecule has 92 valence electrons. The van der Waals surface area contributed by atoms with Crippen LogP contribution in [-0.2, 0) is 0 Å². The monoisotopic (exact) mass is 304 g/mol. The molecule has 0 fully saturated rings. The van der Waals surface area contributed by atoms with Crippen LogP contribution in [0.5, 0.6) is 0 Å². The number of hydrogen-bond acceptors (Lipinski definition) is 2. The van der Waals surface area contributed by atoms with Crippen molar-refractivity contribution in [3.8, 4) is 0 Å². The molecular formula is C14H13BrN2O. The minimum atomic E-state index is -0.0173. The molecule has 1 heterocycles. The molecule has 0 amide bonds. The van der Waals surface area contributed by atoms with Crippen LogP contribution in [0.1, 0.15) is 27.3 Å². The van der Waals surface area contributed by atoms with Crippen LogP contribution >= 0.6 is 15.9 Å². The minimum Gasteiger partial charge on any atom is -0.289 e. The second-order valence-corrected chi connectivity index (χ2v) is 4.97. The van der Waals surface area contributed by atoms with Crippen molar-refractivity contribution in [3.05, 3.63) is 57.3 Å². The first-order chi connectivity index (χ1) is 8.58. The van der Waals surface area contributed by atoms with Crippen molar-refractivity contribution in [1.82, 2.24) is 10.2 Å². The highest BCUT2D eigenvalue weighted by molar-refractivity contribution is 9.10. The molecule has 2 rings (SSSR count). The van der Waals surface area contributed by atoms with E-state index in [0.717, 1.165) is 21.4 Å². The summed E-state index contributed by atoms with van der Waals surface area (Å²) in [6.45, 7) is 3.84. The Balaban J connectivity index is 2.22. The molecule has 1 aromatic carbocycles. The number of carbonyl (C=O) groups is 1. The van der Waals surface area contributed by atoms with E-state index < -0.39 is 0 Å². The summed E-state index contributed by atoms with van der Waals surface area (Å²) in [6.07, 6.45) is 3.38. The summed E-state index contributed by atoms with van der Waals surface area (Å²) in [4.78, 5) is 12.0. The van der Waals surface area contributed by atoms with Crippen LogP contribution in [0, 0.1) is 13.8 Å². The zero-order valence-electron chi connectivity index (χ0n) is 10.2. The van der Waals surface area contributed by atoms with Gasteiger partial charge < -0.3 is 0 Å². The number of nitrogens with one attached hydrogen (secondary N) is 1. The van der Waals surface area contributed by atoms with Crippen LogP contribution < -0.4 is 0 Å². The molecule has 0 unspecified atom stereocenters. The third kappa shape index (κ3) is 2.76. The lowest BCUT2D eigenvalue weighted by molar-refractivity contribution is 0.104. The number of halogens is 1. The van der Waals surface area contributed by atoms with Crippen LogP contribution in [0.25, 0.3) is 6.08 Å². The van der Waals surface area contributed by atoms with E-state index in [4.69, 9.17) is 0 Å². The van der Waals surface area contributed by atoms with Crippen molar-refractivity contribution in [2.75, 3.05) is 0 Å². The van der Waals surface area contributed by atoms with Gasteiger partial charge in [-0.15, -0.1) is 0 Å². The summed E-state index contributed by atoms with van der Waals surface area (Å²) in [7, 11) is 0. The summed E-state index contributed by atoms with van der Waals surface area (Å²) in [5, 5.41) is 6.98. The Labute approximate surface area is 114 Å². The van der Waals surface area contributed by atoms with Crippen molar-refractivity contribution in [2.45, 2.75) is 13.8 Å². The Kier molecular flexibility index (Phi) is 3.77. The SMILES string of the molecule is Cc1n[nH]c(C)c1C=CC(=O)c1cccc(Br)c1. The van der Waals surface area contributed by atoms with Crippen LogP contribution in [0.15, 0.2) is 34.8 Å². The van der Waals surface area contributed by atoms with Gasteiger partial charge in [0.25, 0.3) is 0 Å². The van der Waals surface area contributed by atoms with E-state index in [1.807, 2.05) is 32.0 Å². The van der Waals surface area contributed by atoms with Gasteiger partial charge in [0.2, 0.25) is 0 Å². The maximum absolute atomic E-state index is 12.0. The summed E-state index contributed by atoms with van der Waals surface area (Å²) in [6, 6.07) is 7.35. The van der Waals surface area contributed by atoms with Gasteiger partial charge in [-0.2, -0.15) is 5.10 Å². The fourth-order valence-corrected chi connectivity index (χ4v) is 2.10. The van der Waals surface area contributed by atoms with Gasteiger partial charge in [0.15, 0.2) is 5.78 Å². The number of aryl methyl sites for hydroxylation is 2. The van der Waals surface area contributed by atoms with Crippen LogP contribution in [0.4, 0.5) is 0 Å². The van der Waals surface area contributed by atoms with Crippen LogP contribution in [0.2, 0.25) is 0 Å². The number of nitrogens with zero attached hydrogens (tertiary/aromatic N) is 1. The van der Waals surface area contributed by atoms with Crippen molar-refractivity contribution in [1.29, 1.82) is 0 Å². The predicted molar refractivity (Wildman–Crippen MR) is 75.6 cm³/mol. The zero-order valence-corrected chi connectivity index (χ0v) is 11.8. The molecular weight excluding hydrogens is 292 g/mol. The molecule has 0 aliphatic rings. The van der Waals surface area contributed by atoms with Gasteiger partial charge in [-0.1, -0.05) is 28.1 Å². The number of hydrogen-bond donors (Lipinski definition) is 1. The first-order valence-electron chi connectivity index (χ1n) is 5.57. The maximum atomic E-state index is 12.0. The molecule has 0 aliphatic heterocycles. The largest absolute Gasteiger partial charge is 0.289 e. The van der Waals surface area contributed by atoms with Gasteiger partial charge >= 0.3 is 0 Å². The number of allylic oxidation sites excluding steroid dienone is 1. The Hall–Kier alpha value is -1.68. The zero-order chi connectivity index (χ0) is 13.1. The van der Waals surface area contributed by atoms with Gasteiger partial charge in [0.1, 0.15) is 0 Å². The number of aromatic amines is 1. The van der Waals surface area contributed by atoms with Gasteiger partial charge in [0.05, 0.1) is 5.69 Å². The molecule has 18 heavy (non-hydrogen) atoms. The number of rotatable bonds is 3. The van der Waals surface area contributed by atoms with Gasteiger partial charge in [-0.05, 0) is 38.1 Å². The third-order valence-corrected chi connectivity index (χ3v) is 3.19. The van der Waals surface area contributed by atoms with Crippen LogP contribution in [0.3, 0.4) is 0 Å². The van der Waals surface area contributed by atoms with Gasteiger partial charge in [-0.25, -0.2) is 0 Å². The van der Waals surface area contributed by atoms with Crippen LogP contribution in [-0.4, -0.2) is 16.0 Å². The van der Waals surface area contributed by atoms with Gasteiger partial charge in [-0.3, -0.25) is 9.89 Å². The van der Waals surface area contributed by atoms with Gasteiger partial charge in [0, 0.05) is 21.3 Å². The Morgan fingerprint density at radius 3 is 2.78 bits per heavy atom. The third-order valence-electron chi connectivity index (χ3n) is 2.70. The fourth-order valence-electron chi connectivity index (χ4n) is 1.70. The fraction of sp³-hybridized carbons (Fsp3) is 0.143. The smallest absolute Gasteiger partial charge is 0.185 e. The summed E-state index contributed by atoms with van der Waals surface area (Å²) < 4.78 is 0.900. The minimum absolute atomic E-state index is 0.0173. The van der Waals surface area contributed by atoms with E-state index in [1.54, 1.807) is 18.2 Å².